The van der Waals surface area contributed by atoms with Gasteiger partial charge in [-0.15, -0.1) is 0 Å². The van der Waals surface area contributed by atoms with Crippen LogP contribution in [0.3, 0.4) is 0 Å². The van der Waals surface area contributed by atoms with Gasteiger partial charge in [0.2, 0.25) is 23.6 Å². The Kier molecular flexibility index (Phi) is 21.3. The van der Waals surface area contributed by atoms with Crippen LogP contribution in [-0.2, 0) is 65.5 Å². The van der Waals surface area contributed by atoms with Crippen LogP contribution in [0.1, 0.15) is 59.1 Å². The highest BCUT2D eigenvalue weighted by Crippen LogP contribution is 2.61. The highest BCUT2D eigenvalue weighted by Gasteiger charge is 2.52. The third-order valence-electron chi connectivity index (χ3n) is 9.87. The molecule has 2 aliphatic rings. The highest BCUT2D eigenvalue weighted by atomic mass is 31.3. The van der Waals surface area contributed by atoms with Crippen molar-refractivity contribution in [1.29, 1.82) is 0 Å². The number of ether oxygens (including phenoxy) is 3. The van der Waals surface area contributed by atoms with E-state index in [4.69, 9.17) is 24.5 Å². The summed E-state index contributed by atoms with van der Waals surface area (Å²) in [6, 6.07) is -5.48. The standard InChI is InChI=1S/C34H55N7O24P2/c1-14(28(49)39-18(32(53)54)7-8-21(44)38-17(31(51)52)6-4-5-10-35)36-29(50)15(2)61-27-23(37-16(3)43)33(63-19(12-42)25(27)47)64-67(58,59)65-66(56,57)60-13-20-24(46)26(48)30(62-20)41-11-9-22(45)40-34(41)55/h9,11,14-15,17-20,23-27,30,33,42,46-48H,4-8,10,12-13,35H2,1-3H3,(H,36,50)(H,37,43)(H,38,44)(H,39,49)(H,51,52)(H,53,54)(H,56,57)(H,58,59)(H,40,45,55)/t14-,15+,17-,18+,19+,20+,23+,24+,25+,26+,27+,30+,33?/m0/s1. The van der Waals surface area contributed by atoms with Crippen LogP contribution in [0.2, 0.25) is 0 Å². The van der Waals surface area contributed by atoms with Crippen molar-refractivity contribution < 1.29 is 106 Å². The molecular formula is C34H55N7O24P2. The van der Waals surface area contributed by atoms with Crippen LogP contribution in [0, 0.1) is 0 Å². The van der Waals surface area contributed by atoms with E-state index in [0.717, 1.165) is 33.0 Å². The SMILES string of the molecule is CC(=O)N[C@H]1C(OP(=O)(O)OP(=O)(O)OC[C@H]2O[C@@H](n3ccc(=O)[nH]c3=O)[C@H](O)[C@@H]2O)O[C@H](CO)[C@@H](O)[C@@H]1O[C@H](C)C(=O)N[C@@H](C)C(=O)N[C@H](CCC(=O)N[C@@H](CCCCN)C(=O)O)C(=O)O. The van der Waals surface area contributed by atoms with Crippen LogP contribution < -0.4 is 38.2 Å². The van der Waals surface area contributed by atoms with Gasteiger partial charge in [-0.3, -0.25) is 42.6 Å². The van der Waals surface area contributed by atoms with Gasteiger partial charge in [-0.2, -0.15) is 4.31 Å². The highest BCUT2D eigenvalue weighted by molar-refractivity contribution is 7.61. The average Bonchev–Trinajstić information content (AvgIpc) is 3.51. The van der Waals surface area contributed by atoms with Crippen molar-refractivity contribution in [3.63, 3.8) is 0 Å². The summed E-state index contributed by atoms with van der Waals surface area (Å²) in [6.45, 7) is 1.20. The first-order valence-electron chi connectivity index (χ1n) is 20.2. The molecule has 0 saturated carbocycles. The predicted octanol–water partition coefficient (Wildman–Crippen LogP) is -5.68. The molecule has 2 aliphatic heterocycles. The molecule has 3 rings (SSSR count). The summed E-state index contributed by atoms with van der Waals surface area (Å²) >= 11 is 0. The first-order valence-corrected chi connectivity index (χ1v) is 23.2. The van der Waals surface area contributed by atoms with E-state index in [1.807, 2.05) is 4.98 Å². The van der Waals surface area contributed by atoms with Gasteiger partial charge < -0.3 is 81.6 Å². The van der Waals surface area contributed by atoms with Crippen LogP contribution >= 0.6 is 15.6 Å². The number of aromatic amines is 1. The Labute approximate surface area is 378 Å². The number of nitrogens with one attached hydrogen (secondary N) is 5. The minimum absolute atomic E-state index is 0.0653. The summed E-state index contributed by atoms with van der Waals surface area (Å²) in [5.41, 5.74) is 3.54. The van der Waals surface area contributed by atoms with Gasteiger partial charge in [0.25, 0.3) is 5.56 Å². The molecule has 15 N–H and O–H groups in total. The lowest BCUT2D eigenvalue weighted by Gasteiger charge is -2.44. The fourth-order valence-electron chi connectivity index (χ4n) is 6.44. The summed E-state index contributed by atoms with van der Waals surface area (Å²) < 4.78 is 56.8. The molecule has 1 aromatic heterocycles. The molecule has 67 heavy (non-hydrogen) atoms. The van der Waals surface area contributed by atoms with Crippen LogP contribution in [0.25, 0.3) is 0 Å². The molecule has 0 radical (unpaired) electrons. The van der Waals surface area contributed by atoms with Gasteiger partial charge in [-0.25, -0.2) is 23.5 Å². The number of H-pyrrole nitrogens is 1. The third-order valence-corrected chi connectivity index (χ3v) is 12.5. The minimum atomic E-state index is -5.92. The molecule has 31 nitrogen and oxygen atoms in total. The smallest absolute Gasteiger partial charge is 0.480 e. The molecule has 1 aromatic rings. The van der Waals surface area contributed by atoms with Gasteiger partial charge in [0, 0.05) is 25.6 Å². The average molecular weight is 1010 g/mol. The monoisotopic (exact) mass is 1010 g/mol. The fraction of sp³-hybridized carbons (Fsp3) is 0.706. The molecule has 2 fully saturated rings. The number of unbranched alkanes of at least 4 members (excludes halogenated alkanes) is 1. The van der Waals surface area contributed by atoms with Crippen LogP contribution in [0.5, 0.6) is 0 Å². The van der Waals surface area contributed by atoms with Gasteiger partial charge in [0.1, 0.15) is 66.9 Å². The number of aliphatic hydroxyl groups is 4. The second kappa shape index (κ2) is 25.2. The van der Waals surface area contributed by atoms with Crippen molar-refractivity contribution in [3.8, 4) is 0 Å². The Morgan fingerprint density at radius 1 is 0.881 bits per heavy atom. The first-order chi connectivity index (χ1) is 31.2. The zero-order chi connectivity index (χ0) is 50.6. The van der Waals surface area contributed by atoms with E-state index in [-0.39, 0.29) is 6.42 Å². The number of aliphatic carboxylic acids is 2. The molecule has 0 aromatic carbocycles. The first kappa shape index (κ1) is 56.8. The quantitative estimate of drug-likeness (QED) is 0.0304. The molecule has 0 spiro atoms. The number of hydrogen-bond donors (Lipinski definition) is 14. The van der Waals surface area contributed by atoms with E-state index < -0.39 is 168 Å². The number of nitrogens with two attached hydrogens (primary N) is 1. The Bertz CT molecular complexity index is 2130. The molecule has 33 heteroatoms. The zero-order valence-electron chi connectivity index (χ0n) is 35.8. The number of hydrogen-bond acceptors (Lipinski definition) is 21. The van der Waals surface area contributed by atoms with Gasteiger partial charge in [0.15, 0.2) is 12.5 Å². The van der Waals surface area contributed by atoms with Crippen molar-refractivity contribution in [2.24, 2.45) is 5.73 Å². The minimum Gasteiger partial charge on any atom is -0.480 e. The Morgan fingerprint density at radius 3 is 2.10 bits per heavy atom. The Balaban J connectivity index is 1.66. The number of carbonyl (C=O) groups excluding carboxylic acids is 4. The second-order valence-electron chi connectivity index (χ2n) is 15.1. The molecule has 380 valence electrons. The topological polar surface area (TPSA) is 483 Å². The van der Waals surface area contributed by atoms with E-state index in [0.29, 0.717) is 24.0 Å². The van der Waals surface area contributed by atoms with Crippen molar-refractivity contribution in [1.82, 2.24) is 30.8 Å². The number of aliphatic hydroxyl groups excluding tert-OH is 4. The lowest BCUT2D eigenvalue weighted by atomic mass is 9.96. The number of carboxylic acid groups (broad SMARTS) is 2. The molecule has 4 amide bonds. The number of rotatable bonds is 26. The van der Waals surface area contributed by atoms with Crippen LogP contribution in [0.4, 0.5) is 0 Å². The molecule has 2 saturated heterocycles. The summed E-state index contributed by atoms with van der Waals surface area (Å²) in [6.07, 6.45) is -15.9. The van der Waals surface area contributed by atoms with Gasteiger partial charge >= 0.3 is 33.3 Å². The summed E-state index contributed by atoms with van der Waals surface area (Å²) in [7, 11) is -11.7. The summed E-state index contributed by atoms with van der Waals surface area (Å²) in [5, 5.41) is 69.6. The van der Waals surface area contributed by atoms with Crippen LogP contribution in [0.15, 0.2) is 21.9 Å². The van der Waals surface area contributed by atoms with Crippen molar-refractivity contribution >= 4 is 51.2 Å². The zero-order valence-corrected chi connectivity index (χ0v) is 37.6. The van der Waals surface area contributed by atoms with Gasteiger partial charge in [0.05, 0.1) is 13.2 Å². The maximum atomic E-state index is 13.2. The number of nitrogens with zero attached hydrogens (tertiary/aromatic N) is 1. The number of carbonyl (C=O) groups is 6. The summed E-state index contributed by atoms with van der Waals surface area (Å²) in [4.78, 5) is 121. The number of phosphoric acid groups is 2. The van der Waals surface area contributed by atoms with Crippen molar-refractivity contribution in [2.45, 2.75) is 132 Å². The molecule has 3 heterocycles. The summed E-state index contributed by atoms with van der Waals surface area (Å²) in [5.74, 6) is -6.84. The van der Waals surface area contributed by atoms with Crippen LogP contribution in [-0.4, -0.2) is 178 Å². The number of aromatic nitrogens is 2. The Morgan fingerprint density at radius 2 is 1.52 bits per heavy atom. The molecule has 15 atom stereocenters. The third kappa shape index (κ3) is 16.9. The second-order valence-corrected chi connectivity index (χ2v) is 18.1. The Hall–Kier alpha value is -4.56. The predicted molar refractivity (Wildman–Crippen MR) is 218 cm³/mol. The molecule has 3 unspecified atom stereocenters. The molecule has 0 aliphatic carbocycles. The normalized spacial score (nSPS) is 27.5. The van der Waals surface area contributed by atoms with E-state index >= 15 is 0 Å². The van der Waals surface area contributed by atoms with Gasteiger partial charge in [-0.1, -0.05) is 0 Å². The van der Waals surface area contributed by atoms with E-state index in [9.17, 15) is 87.9 Å². The van der Waals surface area contributed by atoms with E-state index in [1.165, 1.54) is 0 Å². The lowest BCUT2D eigenvalue weighted by Crippen LogP contribution is -2.66. The van der Waals surface area contributed by atoms with Gasteiger partial charge in [-0.05, 0) is 46.1 Å². The van der Waals surface area contributed by atoms with E-state index in [1.54, 1.807) is 0 Å². The maximum Gasteiger partial charge on any atom is 0.483 e. The van der Waals surface area contributed by atoms with Crippen molar-refractivity contribution in [2.75, 3.05) is 19.8 Å². The molecular weight excluding hydrogens is 952 g/mol. The van der Waals surface area contributed by atoms with Crippen molar-refractivity contribution in [3.05, 3.63) is 33.1 Å². The largest absolute Gasteiger partial charge is 0.483 e. The number of phosphoric ester groups is 2. The molecule has 0 bridgehead atoms. The number of amides is 4. The maximum absolute atomic E-state index is 13.2. The fourth-order valence-corrected chi connectivity index (χ4v) is 8.61. The lowest BCUT2D eigenvalue weighted by molar-refractivity contribution is -0.261. The van der Waals surface area contributed by atoms with E-state index in [2.05, 4.69) is 30.1 Å². The number of carboxylic acids is 2.